The number of aromatic nitrogens is 2. The van der Waals surface area contributed by atoms with Crippen LogP contribution in [0.4, 0.5) is 10.3 Å². The van der Waals surface area contributed by atoms with E-state index in [2.05, 4.69) is 31.2 Å². The molecule has 1 fully saturated rings. The van der Waals surface area contributed by atoms with Crippen LogP contribution in [0.5, 0.6) is 0 Å². The highest BCUT2D eigenvalue weighted by Gasteiger charge is 2.21. The average Bonchev–Trinajstić information content (AvgIpc) is 3.18. The highest BCUT2D eigenvalue weighted by atomic mass is 32.2. The number of fused-ring (bicyclic) bond motifs is 1. The van der Waals surface area contributed by atoms with E-state index in [0.717, 1.165) is 55.0 Å². The minimum atomic E-state index is -0.226. The molecule has 2 aromatic carbocycles. The van der Waals surface area contributed by atoms with Crippen molar-refractivity contribution >= 4 is 33.9 Å². The fourth-order valence-corrected chi connectivity index (χ4v) is 4.47. The van der Waals surface area contributed by atoms with E-state index < -0.39 is 0 Å². The molecule has 1 aliphatic heterocycles. The molecule has 0 spiro atoms. The molecule has 0 unspecified atom stereocenters. The molecule has 9 heteroatoms. The number of anilines is 1. The molecule has 2 N–H and O–H groups in total. The number of nitriles is 1. The molecule has 2 heterocycles. The number of halogens is 1. The van der Waals surface area contributed by atoms with E-state index in [1.54, 1.807) is 0 Å². The second-order valence-electron chi connectivity index (χ2n) is 8.02. The molecular weight excluding hydrogens is 437 g/mol. The van der Waals surface area contributed by atoms with Crippen LogP contribution in [0, 0.1) is 17.3 Å². The van der Waals surface area contributed by atoms with Gasteiger partial charge in [0, 0.05) is 25.7 Å². The van der Waals surface area contributed by atoms with Gasteiger partial charge >= 0.3 is 0 Å². The summed E-state index contributed by atoms with van der Waals surface area (Å²) in [5.41, 5.74) is 3.05. The zero-order valence-corrected chi connectivity index (χ0v) is 19.5. The van der Waals surface area contributed by atoms with Gasteiger partial charge < -0.3 is 14.8 Å². The van der Waals surface area contributed by atoms with Crippen molar-refractivity contribution in [1.82, 2.24) is 19.8 Å². The number of piperidine rings is 1. The fraction of sp³-hybridized carbons (Fsp3) is 0.375. The van der Waals surface area contributed by atoms with Gasteiger partial charge in [0.25, 0.3) is 0 Å². The van der Waals surface area contributed by atoms with E-state index in [1.165, 1.54) is 23.9 Å². The van der Waals surface area contributed by atoms with E-state index in [4.69, 9.17) is 10.2 Å². The second kappa shape index (κ2) is 11.2. The monoisotopic (exact) mass is 465 g/mol. The Morgan fingerprint density at radius 2 is 1.97 bits per heavy atom. The number of nitrogens with one attached hydrogen (secondary N) is 2. The van der Waals surface area contributed by atoms with Gasteiger partial charge in [-0.1, -0.05) is 36.0 Å². The minimum absolute atomic E-state index is 0.226. The van der Waals surface area contributed by atoms with Gasteiger partial charge in [-0.15, -0.1) is 0 Å². The Bertz CT molecular complexity index is 1130. The normalized spacial score (nSPS) is 15.5. The van der Waals surface area contributed by atoms with Gasteiger partial charge in [0.15, 0.2) is 11.4 Å². The summed E-state index contributed by atoms with van der Waals surface area (Å²) >= 11 is 1.45. The van der Waals surface area contributed by atoms with Crippen LogP contribution in [0.25, 0.3) is 11.0 Å². The Labute approximate surface area is 197 Å². The molecule has 0 atom stereocenters. The largest absolute Gasteiger partial charge is 0.353 e. The third-order valence-electron chi connectivity index (χ3n) is 5.86. The Kier molecular flexibility index (Phi) is 7.81. The van der Waals surface area contributed by atoms with Crippen LogP contribution in [-0.2, 0) is 6.54 Å². The highest BCUT2D eigenvalue weighted by Crippen LogP contribution is 2.24. The SMILES string of the molecule is CSC(=NCCN1CCC(Nc2nc3ccccc3n2Cc2ccc(F)cc2)CC1)NC#N. The first-order valence-corrected chi connectivity index (χ1v) is 12.3. The Morgan fingerprint density at radius 3 is 2.70 bits per heavy atom. The number of rotatable bonds is 7. The number of likely N-dealkylation sites (tertiary alicyclic amines) is 1. The Morgan fingerprint density at radius 1 is 1.21 bits per heavy atom. The van der Waals surface area contributed by atoms with Crippen molar-refractivity contribution in [2.75, 3.05) is 37.8 Å². The number of aliphatic imine (C=N–C) groups is 1. The first-order chi connectivity index (χ1) is 16.2. The Balaban J connectivity index is 1.38. The van der Waals surface area contributed by atoms with E-state index in [-0.39, 0.29) is 5.82 Å². The lowest BCUT2D eigenvalue weighted by molar-refractivity contribution is 0.224. The van der Waals surface area contributed by atoms with E-state index in [0.29, 0.717) is 24.3 Å². The molecule has 4 rings (SSSR count). The molecule has 33 heavy (non-hydrogen) atoms. The number of thioether (sulfide) groups is 1. The number of nitrogens with zero attached hydrogens (tertiary/aromatic N) is 5. The maximum atomic E-state index is 13.3. The molecule has 7 nitrogen and oxygen atoms in total. The smallest absolute Gasteiger partial charge is 0.204 e. The van der Waals surface area contributed by atoms with E-state index in [1.807, 2.05) is 42.8 Å². The summed E-state index contributed by atoms with van der Waals surface area (Å²) in [5, 5.41) is 15.7. The van der Waals surface area contributed by atoms with Gasteiger partial charge in [-0.2, -0.15) is 5.26 Å². The van der Waals surface area contributed by atoms with Gasteiger partial charge in [0.05, 0.1) is 24.1 Å². The number of hydrogen-bond donors (Lipinski definition) is 2. The summed E-state index contributed by atoms with van der Waals surface area (Å²) in [5.74, 6) is 0.631. The third-order valence-corrected chi connectivity index (χ3v) is 6.47. The minimum Gasteiger partial charge on any atom is -0.353 e. The van der Waals surface area contributed by atoms with Crippen LogP contribution >= 0.6 is 11.8 Å². The van der Waals surface area contributed by atoms with Crippen LogP contribution < -0.4 is 10.6 Å². The van der Waals surface area contributed by atoms with Gasteiger partial charge in [-0.3, -0.25) is 10.3 Å². The fourth-order valence-electron chi connectivity index (χ4n) is 4.10. The van der Waals surface area contributed by atoms with Crippen molar-refractivity contribution in [3.8, 4) is 6.19 Å². The van der Waals surface area contributed by atoms with Crippen LogP contribution in [0.15, 0.2) is 53.5 Å². The number of amidine groups is 1. The summed E-state index contributed by atoms with van der Waals surface area (Å²) in [6, 6.07) is 15.1. The third kappa shape index (κ3) is 6.03. The first kappa shape index (κ1) is 23.1. The Hall–Kier alpha value is -3.09. The van der Waals surface area contributed by atoms with E-state index in [9.17, 15) is 4.39 Å². The van der Waals surface area contributed by atoms with Crippen LogP contribution in [0.2, 0.25) is 0 Å². The summed E-state index contributed by atoms with van der Waals surface area (Å²) in [4.78, 5) is 11.7. The number of benzene rings is 2. The number of para-hydroxylation sites is 2. The molecule has 1 aliphatic rings. The van der Waals surface area contributed by atoms with Crippen molar-refractivity contribution in [2.45, 2.75) is 25.4 Å². The van der Waals surface area contributed by atoms with Gasteiger partial charge in [0.2, 0.25) is 5.95 Å². The summed E-state index contributed by atoms with van der Waals surface area (Å²) < 4.78 is 15.5. The molecular formula is C24H28FN7S. The maximum absolute atomic E-state index is 13.3. The van der Waals surface area contributed by atoms with Crippen molar-refractivity contribution in [2.24, 2.45) is 4.99 Å². The van der Waals surface area contributed by atoms with Gasteiger partial charge in [-0.25, -0.2) is 9.37 Å². The lowest BCUT2D eigenvalue weighted by Gasteiger charge is -2.32. The molecule has 0 radical (unpaired) electrons. The van der Waals surface area contributed by atoms with Crippen LogP contribution in [0.3, 0.4) is 0 Å². The maximum Gasteiger partial charge on any atom is 0.204 e. The molecule has 0 amide bonds. The molecule has 1 aromatic heterocycles. The first-order valence-electron chi connectivity index (χ1n) is 11.1. The molecule has 0 saturated carbocycles. The predicted octanol–water partition coefficient (Wildman–Crippen LogP) is 3.89. The molecule has 3 aromatic rings. The summed E-state index contributed by atoms with van der Waals surface area (Å²) in [7, 11) is 0. The number of hydrogen-bond acceptors (Lipinski definition) is 6. The second-order valence-corrected chi connectivity index (χ2v) is 8.82. The topological polar surface area (TPSA) is 81.3 Å². The molecule has 0 bridgehead atoms. The zero-order chi connectivity index (χ0) is 23.0. The highest BCUT2D eigenvalue weighted by molar-refractivity contribution is 8.13. The quantitative estimate of drug-likeness (QED) is 0.238. The van der Waals surface area contributed by atoms with Crippen molar-refractivity contribution < 1.29 is 4.39 Å². The molecule has 172 valence electrons. The lowest BCUT2D eigenvalue weighted by Crippen LogP contribution is -2.40. The summed E-state index contributed by atoms with van der Waals surface area (Å²) in [6.07, 6.45) is 5.87. The van der Waals surface area contributed by atoms with Gasteiger partial charge in [0.1, 0.15) is 5.82 Å². The molecule has 1 saturated heterocycles. The lowest BCUT2D eigenvalue weighted by atomic mass is 10.1. The van der Waals surface area contributed by atoms with Crippen molar-refractivity contribution in [1.29, 1.82) is 5.26 Å². The zero-order valence-electron chi connectivity index (χ0n) is 18.7. The van der Waals surface area contributed by atoms with Crippen molar-refractivity contribution in [3.05, 3.63) is 59.9 Å². The molecule has 0 aliphatic carbocycles. The van der Waals surface area contributed by atoms with Crippen molar-refractivity contribution in [3.63, 3.8) is 0 Å². The standard InChI is InChI=1S/C24H28FN7S/c1-33-24(28-17-26)27-12-15-31-13-10-20(11-14-31)29-23-30-21-4-2-3-5-22(21)32(23)16-18-6-8-19(25)9-7-18/h2-9,20H,10-16H2,1H3,(H,27,28)(H,29,30). The van der Waals surface area contributed by atoms with Crippen LogP contribution in [-0.4, -0.2) is 58.1 Å². The van der Waals surface area contributed by atoms with E-state index >= 15 is 0 Å². The summed E-state index contributed by atoms with van der Waals surface area (Å²) in [6.45, 7) is 4.18. The van der Waals surface area contributed by atoms with Crippen LogP contribution in [0.1, 0.15) is 18.4 Å². The average molecular weight is 466 g/mol. The number of imidazole rings is 1. The van der Waals surface area contributed by atoms with Gasteiger partial charge in [-0.05, 0) is 48.9 Å². The predicted molar refractivity (Wildman–Crippen MR) is 133 cm³/mol.